The average Bonchev–Trinajstić information content (AvgIpc) is 3.01. The van der Waals surface area contributed by atoms with Gasteiger partial charge < -0.3 is 39.4 Å². The lowest BCUT2D eigenvalue weighted by Crippen LogP contribution is -2.59. The predicted molar refractivity (Wildman–Crippen MR) is 168 cm³/mol. The number of unbranched alkanes of at least 4 members (excludes halogenated alkanes) is 3. The second-order valence-corrected chi connectivity index (χ2v) is 10.5. The number of carbonyl (C=O) groups excluding carboxylic acids is 1. The summed E-state index contributed by atoms with van der Waals surface area (Å²) < 4.78 is 22.2. The molecule has 1 rings (SSSR count). The minimum Gasteiger partial charge on any atom is -0.457 e. The van der Waals surface area contributed by atoms with Gasteiger partial charge in [-0.1, -0.05) is 81.0 Å². The molecule has 43 heavy (non-hydrogen) atoms. The zero-order valence-corrected chi connectivity index (χ0v) is 26.2. The van der Waals surface area contributed by atoms with Crippen LogP contribution in [0.3, 0.4) is 0 Å². The largest absolute Gasteiger partial charge is 0.457 e. The first-order valence-electron chi connectivity index (χ1n) is 15.9. The fraction of sp³-hybridized carbons (Fsp3) is 0.676. The maximum Gasteiger partial charge on any atom is 0.306 e. The van der Waals surface area contributed by atoms with Crippen LogP contribution in [0.2, 0.25) is 0 Å². The molecule has 0 radical (unpaired) electrons. The molecule has 0 amide bonds. The van der Waals surface area contributed by atoms with E-state index in [0.717, 1.165) is 57.8 Å². The van der Waals surface area contributed by atoms with Gasteiger partial charge in [-0.25, -0.2) is 0 Å². The minimum absolute atomic E-state index is 0.108. The first-order valence-corrected chi connectivity index (χ1v) is 15.9. The van der Waals surface area contributed by atoms with Crippen molar-refractivity contribution >= 4 is 5.97 Å². The number of hydrogen-bond acceptors (Lipinski definition) is 9. The SMILES string of the molecule is CC/C=C\C/C=C\C/C=C\C/C=C\C/C=C\CCCCOCC(COC1OC(CO)C(O)C(O)C1O)OC(=O)CCCC. The summed E-state index contributed by atoms with van der Waals surface area (Å²) in [7, 11) is 0. The fourth-order valence-corrected chi connectivity index (χ4v) is 4.14. The highest BCUT2D eigenvalue weighted by molar-refractivity contribution is 5.69. The summed E-state index contributed by atoms with van der Waals surface area (Å²) in [5.41, 5.74) is 0. The van der Waals surface area contributed by atoms with E-state index in [1.807, 2.05) is 6.92 Å². The zero-order valence-electron chi connectivity index (χ0n) is 26.2. The van der Waals surface area contributed by atoms with Crippen LogP contribution < -0.4 is 0 Å². The molecular weight excluding hydrogens is 552 g/mol. The van der Waals surface area contributed by atoms with Gasteiger partial charge in [-0.15, -0.1) is 0 Å². The van der Waals surface area contributed by atoms with Gasteiger partial charge in [0.2, 0.25) is 0 Å². The Morgan fingerprint density at radius 1 is 0.767 bits per heavy atom. The highest BCUT2D eigenvalue weighted by atomic mass is 16.7. The summed E-state index contributed by atoms with van der Waals surface area (Å²) >= 11 is 0. The molecule has 9 nitrogen and oxygen atoms in total. The van der Waals surface area contributed by atoms with Gasteiger partial charge in [0.15, 0.2) is 6.29 Å². The lowest BCUT2D eigenvalue weighted by molar-refractivity contribution is -0.305. The van der Waals surface area contributed by atoms with Crippen LogP contribution in [0.5, 0.6) is 0 Å². The van der Waals surface area contributed by atoms with Crippen LogP contribution in [0.15, 0.2) is 60.8 Å². The number of ether oxygens (including phenoxy) is 4. The Morgan fingerprint density at radius 2 is 1.37 bits per heavy atom. The van der Waals surface area contributed by atoms with Gasteiger partial charge in [0, 0.05) is 13.0 Å². The van der Waals surface area contributed by atoms with Crippen molar-refractivity contribution in [3.05, 3.63) is 60.8 Å². The van der Waals surface area contributed by atoms with Crippen molar-refractivity contribution in [2.75, 3.05) is 26.4 Å². The van der Waals surface area contributed by atoms with Crippen LogP contribution in [0.25, 0.3) is 0 Å². The Balaban J connectivity index is 2.26. The second kappa shape index (κ2) is 26.3. The Morgan fingerprint density at radius 3 is 1.95 bits per heavy atom. The van der Waals surface area contributed by atoms with Gasteiger partial charge in [-0.2, -0.15) is 0 Å². The molecule has 1 heterocycles. The van der Waals surface area contributed by atoms with E-state index in [2.05, 4.69) is 67.7 Å². The quantitative estimate of drug-likeness (QED) is 0.0690. The van der Waals surface area contributed by atoms with Crippen molar-refractivity contribution < 1.29 is 44.2 Å². The van der Waals surface area contributed by atoms with Crippen molar-refractivity contribution in [2.45, 2.75) is 121 Å². The van der Waals surface area contributed by atoms with Crippen LogP contribution in [0, 0.1) is 0 Å². The maximum absolute atomic E-state index is 12.2. The van der Waals surface area contributed by atoms with E-state index in [9.17, 15) is 25.2 Å². The smallest absolute Gasteiger partial charge is 0.306 e. The second-order valence-electron chi connectivity index (χ2n) is 10.5. The molecule has 6 atom stereocenters. The third-order valence-corrected chi connectivity index (χ3v) is 6.70. The molecule has 4 N–H and O–H groups in total. The monoisotopic (exact) mass is 608 g/mol. The van der Waals surface area contributed by atoms with E-state index in [4.69, 9.17) is 18.9 Å². The van der Waals surface area contributed by atoms with Gasteiger partial charge in [0.25, 0.3) is 0 Å². The molecule has 1 fully saturated rings. The van der Waals surface area contributed by atoms with Crippen molar-refractivity contribution in [3.63, 3.8) is 0 Å². The number of carbonyl (C=O) groups is 1. The molecule has 1 aliphatic heterocycles. The Kier molecular flexibility index (Phi) is 23.8. The summed E-state index contributed by atoms with van der Waals surface area (Å²) in [6.07, 6.45) is 23.7. The van der Waals surface area contributed by atoms with Crippen LogP contribution in [-0.2, 0) is 23.7 Å². The third kappa shape index (κ3) is 19.0. The summed E-state index contributed by atoms with van der Waals surface area (Å²) in [5, 5.41) is 39.4. The molecule has 1 aliphatic rings. The molecular formula is C34H56O9. The molecule has 0 bridgehead atoms. The lowest BCUT2D eigenvalue weighted by Gasteiger charge is -2.39. The van der Waals surface area contributed by atoms with E-state index in [0.29, 0.717) is 13.0 Å². The summed E-state index contributed by atoms with van der Waals surface area (Å²) in [6, 6.07) is 0. The molecule has 1 saturated heterocycles. The topological polar surface area (TPSA) is 135 Å². The molecule has 0 saturated carbocycles. The Hall–Kier alpha value is -2.11. The molecule has 0 spiro atoms. The summed E-state index contributed by atoms with van der Waals surface area (Å²) in [4.78, 5) is 12.2. The Bertz CT molecular complexity index is 834. The predicted octanol–water partition coefficient (Wildman–Crippen LogP) is 4.84. The standard InChI is InChI=1S/C34H56O9/c1-3-5-7-8-9-10-11-12-13-14-15-16-17-18-19-20-21-22-24-40-26-28(42-30(36)23-6-4-2)27-41-34-33(39)32(38)31(37)29(25-35)43-34/h5,7,9-10,12-13,15-16,18-19,28-29,31-35,37-39H,3-4,6,8,11,14,17,20-27H2,1-2H3/b7-5-,10-9-,13-12-,16-15-,19-18-. The highest BCUT2D eigenvalue weighted by Gasteiger charge is 2.44. The maximum atomic E-state index is 12.2. The first-order chi connectivity index (χ1) is 20.9. The van der Waals surface area contributed by atoms with Crippen molar-refractivity contribution in [2.24, 2.45) is 0 Å². The molecule has 246 valence electrons. The van der Waals surface area contributed by atoms with E-state index in [1.54, 1.807) is 0 Å². The number of allylic oxidation sites excluding steroid dienone is 10. The van der Waals surface area contributed by atoms with Crippen LogP contribution in [0.4, 0.5) is 0 Å². The van der Waals surface area contributed by atoms with Crippen LogP contribution >= 0.6 is 0 Å². The van der Waals surface area contributed by atoms with E-state index in [1.165, 1.54) is 0 Å². The van der Waals surface area contributed by atoms with Crippen LogP contribution in [-0.4, -0.2) is 89.6 Å². The van der Waals surface area contributed by atoms with Gasteiger partial charge >= 0.3 is 5.97 Å². The average molecular weight is 609 g/mol. The summed E-state index contributed by atoms with van der Waals surface area (Å²) in [5.74, 6) is -0.369. The molecule has 0 aliphatic carbocycles. The number of rotatable bonds is 24. The minimum atomic E-state index is -1.54. The fourth-order valence-electron chi connectivity index (χ4n) is 4.14. The Labute approximate surface area is 258 Å². The van der Waals surface area contributed by atoms with Gasteiger partial charge in [0.05, 0.1) is 19.8 Å². The molecule has 0 aromatic rings. The van der Waals surface area contributed by atoms with Crippen LogP contribution in [0.1, 0.15) is 84.5 Å². The zero-order chi connectivity index (χ0) is 31.5. The highest BCUT2D eigenvalue weighted by Crippen LogP contribution is 2.22. The van der Waals surface area contributed by atoms with Crippen molar-refractivity contribution in [3.8, 4) is 0 Å². The van der Waals surface area contributed by atoms with Gasteiger partial charge in [-0.05, 0) is 57.8 Å². The van der Waals surface area contributed by atoms with E-state index < -0.39 is 43.4 Å². The summed E-state index contributed by atoms with van der Waals surface area (Å²) in [6.45, 7) is 4.03. The third-order valence-electron chi connectivity index (χ3n) is 6.70. The number of aliphatic hydroxyl groups excluding tert-OH is 4. The number of aliphatic hydroxyl groups is 4. The molecule has 0 aromatic carbocycles. The normalized spacial score (nSPS) is 23.9. The van der Waals surface area contributed by atoms with Gasteiger partial charge in [0.1, 0.15) is 30.5 Å². The van der Waals surface area contributed by atoms with Crippen molar-refractivity contribution in [1.29, 1.82) is 0 Å². The van der Waals surface area contributed by atoms with E-state index in [-0.39, 0.29) is 25.6 Å². The lowest BCUT2D eigenvalue weighted by atomic mass is 9.99. The molecule has 0 aromatic heterocycles. The van der Waals surface area contributed by atoms with E-state index >= 15 is 0 Å². The number of hydrogen-bond donors (Lipinski definition) is 4. The first kappa shape index (κ1) is 38.9. The molecule has 6 unspecified atom stereocenters. The van der Waals surface area contributed by atoms with Crippen molar-refractivity contribution in [1.82, 2.24) is 0 Å². The number of esters is 1. The molecule has 9 heteroatoms. The van der Waals surface area contributed by atoms with Gasteiger partial charge in [-0.3, -0.25) is 4.79 Å².